The van der Waals surface area contributed by atoms with Crippen LogP contribution in [0.3, 0.4) is 0 Å². The second kappa shape index (κ2) is 8.14. The molecule has 2 unspecified atom stereocenters. The second-order valence-electron chi connectivity index (χ2n) is 7.21. The van der Waals surface area contributed by atoms with Crippen LogP contribution in [0.1, 0.15) is 64.2 Å². The third-order valence-corrected chi connectivity index (χ3v) is 8.47. The van der Waals surface area contributed by atoms with Crippen molar-refractivity contribution in [3.8, 4) is 0 Å². The summed E-state index contributed by atoms with van der Waals surface area (Å²) in [5.41, 5.74) is 0.417. The predicted molar refractivity (Wildman–Crippen MR) is 98.2 cm³/mol. The zero-order valence-corrected chi connectivity index (χ0v) is 15.2. The molecular weight excluding hydrogens is 310 g/mol. The van der Waals surface area contributed by atoms with Crippen molar-refractivity contribution in [2.75, 3.05) is 18.8 Å². The maximum Gasteiger partial charge on any atom is 0.222 e. The van der Waals surface area contributed by atoms with Crippen LogP contribution in [0.2, 0.25) is 0 Å². The Hall–Kier alpha value is -0.0900. The molecular formula is C18H29NOS2. The molecule has 0 aromatic heterocycles. The molecule has 2 nitrogen and oxygen atoms in total. The first-order valence-electron chi connectivity index (χ1n) is 8.99. The van der Waals surface area contributed by atoms with Gasteiger partial charge in [0.1, 0.15) is 0 Å². The van der Waals surface area contributed by atoms with Crippen LogP contribution in [0.25, 0.3) is 0 Å². The molecule has 124 valence electrons. The summed E-state index contributed by atoms with van der Waals surface area (Å²) in [4.78, 5) is 14.7. The van der Waals surface area contributed by atoms with Gasteiger partial charge in [-0.25, -0.2) is 0 Å². The largest absolute Gasteiger partial charge is 0.342 e. The van der Waals surface area contributed by atoms with Crippen molar-refractivity contribution in [2.24, 2.45) is 5.41 Å². The van der Waals surface area contributed by atoms with Gasteiger partial charge in [-0.3, -0.25) is 4.79 Å². The third-order valence-electron chi connectivity index (χ3n) is 5.47. The summed E-state index contributed by atoms with van der Waals surface area (Å²) in [6.45, 7) is 2.02. The first-order chi connectivity index (χ1) is 10.8. The standard InChI is InChI=1S/C18H29NOS2/c20-17(8-3-2-7-16-9-14-21-22-16)19-13-6-12-18(15-19)10-4-1-5-11-18/h1,4,16H,2-3,5-15H2. The fourth-order valence-corrected chi connectivity index (χ4v) is 7.13. The Morgan fingerprint density at radius 3 is 3.00 bits per heavy atom. The SMILES string of the molecule is O=C(CCCCC1CCSS1)N1CCCC2(CC=CCC2)C1. The number of amides is 1. The minimum Gasteiger partial charge on any atom is -0.342 e. The van der Waals surface area contributed by atoms with E-state index in [1.165, 1.54) is 57.1 Å². The number of piperidine rings is 1. The van der Waals surface area contributed by atoms with Crippen molar-refractivity contribution in [2.45, 2.75) is 69.5 Å². The number of carbonyl (C=O) groups is 1. The fraction of sp³-hybridized carbons (Fsp3) is 0.833. The van der Waals surface area contributed by atoms with E-state index in [2.05, 4.69) is 27.8 Å². The highest BCUT2D eigenvalue weighted by atomic mass is 33.1. The maximum absolute atomic E-state index is 12.5. The summed E-state index contributed by atoms with van der Waals surface area (Å²) < 4.78 is 0. The Kier molecular flexibility index (Phi) is 6.20. The van der Waals surface area contributed by atoms with Gasteiger partial charge < -0.3 is 4.90 Å². The average Bonchev–Trinajstić information content (AvgIpc) is 3.05. The van der Waals surface area contributed by atoms with E-state index in [9.17, 15) is 4.79 Å². The molecule has 1 amide bonds. The van der Waals surface area contributed by atoms with Gasteiger partial charge in [-0.15, -0.1) is 0 Å². The normalized spacial score (nSPS) is 31.8. The number of hydrogen-bond acceptors (Lipinski definition) is 3. The molecule has 2 atom stereocenters. The Bertz CT molecular complexity index is 406. The summed E-state index contributed by atoms with van der Waals surface area (Å²) in [6.07, 6.45) is 16.6. The van der Waals surface area contributed by atoms with Crippen molar-refractivity contribution >= 4 is 27.5 Å². The van der Waals surface area contributed by atoms with Crippen molar-refractivity contribution in [3.05, 3.63) is 12.2 Å². The molecule has 4 heteroatoms. The summed E-state index contributed by atoms with van der Waals surface area (Å²) in [7, 11) is 4.08. The van der Waals surface area contributed by atoms with Crippen LogP contribution in [0, 0.1) is 5.41 Å². The minimum absolute atomic E-state index is 0.417. The highest BCUT2D eigenvalue weighted by molar-refractivity contribution is 8.77. The molecule has 0 aromatic carbocycles. The van der Waals surface area contributed by atoms with Crippen LogP contribution >= 0.6 is 21.6 Å². The molecule has 0 aromatic rings. The molecule has 2 saturated heterocycles. The molecule has 1 spiro atoms. The number of likely N-dealkylation sites (tertiary alicyclic amines) is 1. The van der Waals surface area contributed by atoms with E-state index < -0.39 is 0 Å². The van der Waals surface area contributed by atoms with Crippen LogP contribution < -0.4 is 0 Å². The summed E-state index contributed by atoms with van der Waals surface area (Å²) in [5.74, 6) is 1.74. The number of rotatable bonds is 5. The Morgan fingerprint density at radius 1 is 1.27 bits per heavy atom. The molecule has 22 heavy (non-hydrogen) atoms. The smallest absolute Gasteiger partial charge is 0.222 e. The minimum atomic E-state index is 0.417. The lowest BCUT2D eigenvalue weighted by atomic mass is 9.71. The van der Waals surface area contributed by atoms with Crippen LogP contribution in [-0.2, 0) is 4.79 Å². The number of allylic oxidation sites excluding steroid dienone is 2. The lowest BCUT2D eigenvalue weighted by Gasteiger charge is -2.44. The van der Waals surface area contributed by atoms with Gasteiger partial charge in [0.25, 0.3) is 0 Å². The van der Waals surface area contributed by atoms with Gasteiger partial charge in [0.15, 0.2) is 0 Å². The van der Waals surface area contributed by atoms with Crippen LogP contribution in [0.4, 0.5) is 0 Å². The molecule has 0 bridgehead atoms. The first-order valence-corrected chi connectivity index (χ1v) is 11.4. The van der Waals surface area contributed by atoms with E-state index in [0.717, 1.165) is 31.2 Å². The monoisotopic (exact) mass is 339 g/mol. The van der Waals surface area contributed by atoms with E-state index >= 15 is 0 Å². The first kappa shape index (κ1) is 16.8. The van der Waals surface area contributed by atoms with Crippen LogP contribution in [0.15, 0.2) is 12.2 Å². The highest BCUT2D eigenvalue weighted by Crippen LogP contribution is 2.41. The van der Waals surface area contributed by atoms with Crippen LogP contribution in [0.5, 0.6) is 0 Å². The van der Waals surface area contributed by atoms with Crippen molar-refractivity contribution in [1.82, 2.24) is 4.90 Å². The third kappa shape index (κ3) is 4.47. The Labute approximate surface area is 143 Å². The Balaban J connectivity index is 1.38. The number of hydrogen-bond donors (Lipinski definition) is 0. The van der Waals surface area contributed by atoms with E-state index in [-0.39, 0.29) is 0 Å². The molecule has 2 fully saturated rings. The maximum atomic E-state index is 12.5. The molecule has 2 heterocycles. The lowest BCUT2D eigenvalue weighted by molar-refractivity contribution is -0.135. The topological polar surface area (TPSA) is 20.3 Å². The number of nitrogens with zero attached hydrogens (tertiary/aromatic N) is 1. The highest BCUT2D eigenvalue weighted by Gasteiger charge is 2.36. The zero-order valence-electron chi connectivity index (χ0n) is 13.6. The van der Waals surface area contributed by atoms with Crippen LogP contribution in [-0.4, -0.2) is 34.9 Å². The van der Waals surface area contributed by atoms with Gasteiger partial charge in [0.2, 0.25) is 5.91 Å². The van der Waals surface area contributed by atoms with Gasteiger partial charge in [-0.05, 0) is 56.8 Å². The van der Waals surface area contributed by atoms with E-state index in [0.29, 0.717) is 11.3 Å². The predicted octanol–water partition coefficient (Wildman–Crippen LogP) is 5.05. The van der Waals surface area contributed by atoms with Crippen molar-refractivity contribution in [3.63, 3.8) is 0 Å². The van der Waals surface area contributed by atoms with E-state index in [4.69, 9.17) is 0 Å². The quantitative estimate of drug-likeness (QED) is 0.397. The van der Waals surface area contributed by atoms with Gasteiger partial charge in [-0.2, -0.15) is 0 Å². The molecule has 0 saturated carbocycles. The summed E-state index contributed by atoms with van der Waals surface area (Å²) in [6, 6.07) is 0. The van der Waals surface area contributed by atoms with E-state index in [1.807, 2.05) is 10.8 Å². The van der Waals surface area contributed by atoms with E-state index in [1.54, 1.807) is 0 Å². The van der Waals surface area contributed by atoms with Crippen molar-refractivity contribution < 1.29 is 4.79 Å². The zero-order chi connectivity index (χ0) is 15.3. The fourth-order valence-electron chi connectivity index (χ4n) is 4.11. The molecule has 3 rings (SSSR count). The van der Waals surface area contributed by atoms with Gasteiger partial charge in [0.05, 0.1) is 0 Å². The average molecular weight is 340 g/mol. The number of unbranched alkanes of at least 4 members (excludes halogenated alkanes) is 1. The number of carbonyl (C=O) groups excluding carboxylic acids is 1. The lowest BCUT2D eigenvalue weighted by Crippen LogP contribution is -2.46. The van der Waals surface area contributed by atoms with Crippen molar-refractivity contribution in [1.29, 1.82) is 0 Å². The summed E-state index contributed by atoms with van der Waals surface area (Å²) in [5, 5.41) is 0.854. The molecule has 2 aliphatic heterocycles. The second-order valence-corrected chi connectivity index (χ2v) is 10.00. The molecule has 0 N–H and O–H groups in total. The Morgan fingerprint density at radius 2 is 2.23 bits per heavy atom. The molecule has 0 radical (unpaired) electrons. The van der Waals surface area contributed by atoms with Gasteiger partial charge >= 0.3 is 0 Å². The summed E-state index contributed by atoms with van der Waals surface area (Å²) >= 11 is 0. The molecule has 1 aliphatic carbocycles. The molecule has 3 aliphatic rings. The van der Waals surface area contributed by atoms with Gasteiger partial charge in [-0.1, -0.05) is 40.2 Å². The van der Waals surface area contributed by atoms with Gasteiger partial charge in [0, 0.05) is 30.5 Å².